The number of hydrogen-bond acceptors (Lipinski definition) is 2. The molecule has 1 aromatic carbocycles. The van der Waals surface area contributed by atoms with E-state index >= 15 is 0 Å². The summed E-state index contributed by atoms with van der Waals surface area (Å²) in [6, 6.07) is 7.78. The molecule has 0 aliphatic carbocycles. The second-order valence-corrected chi connectivity index (χ2v) is 5.27. The van der Waals surface area contributed by atoms with E-state index in [0.717, 1.165) is 11.4 Å². The molecule has 26 heavy (non-hydrogen) atoms. The predicted octanol–water partition coefficient (Wildman–Crippen LogP) is 3.29. The Morgan fingerprint density at radius 1 is 1.12 bits per heavy atom. The largest absolute Gasteiger partial charge is 0.390 e. The molecule has 0 radical (unpaired) electrons. The quantitative estimate of drug-likeness (QED) is 0.286. The van der Waals surface area contributed by atoms with Crippen LogP contribution < -0.4 is 10.6 Å². The van der Waals surface area contributed by atoms with Gasteiger partial charge in [0.25, 0.3) is 0 Å². The molecule has 10 heteroatoms. The number of guanidine groups is 1. The highest BCUT2D eigenvalue weighted by Crippen LogP contribution is 2.18. The van der Waals surface area contributed by atoms with Crippen molar-refractivity contribution in [1.82, 2.24) is 20.4 Å². The maximum absolute atomic E-state index is 12.9. The van der Waals surface area contributed by atoms with Crippen LogP contribution in [-0.2, 0) is 6.42 Å². The van der Waals surface area contributed by atoms with E-state index < -0.39 is 12.6 Å². The van der Waals surface area contributed by atoms with Gasteiger partial charge in [0.15, 0.2) is 5.96 Å². The number of nitrogens with zero attached hydrogens (tertiary/aromatic N) is 3. The van der Waals surface area contributed by atoms with Gasteiger partial charge in [-0.2, -0.15) is 18.3 Å². The second-order valence-electron chi connectivity index (χ2n) is 5.27. The van der Waals surface area contributed by atoms with Crippen LogP contribution >= 0.6 is 24.0 Å². The Bertz CT molecular complexity index is 697. The van der Waals surface area contributed by atoms with Gasteiger partial charge in [-0.05, 0) is 30.3 Å². The fraction of sp³-hybridized carbons (Fsp3) is 0.375. The van der Waals surface area contributed by atoms with E-state index in [9.17, 15) is 17.6 Å². The summed E-state index contributed by atoms with van der Waals surface area (Å²) in [5.41, 5.74) is 1.54. The maximum Gasteiger partial charge on any atom is 0.390 e. The monoisotopic (exact) mass is 485 g/mol. The summed E-state index contributed by atoms with van der Waals surface area (Å²) in [7, 11) is 1.49. The Labute approximate surface area is 165 Å². The number of rotatable bonds is 6. The molecule has 0 fully saturated rings. The van der Waals surface area contributed by atoms with Crippen LogP contribution in [0.25, 0.3) is 5.69 Å². The number of benzene rings is 1. The van der Waals surface area contributed by atoms with Crippen molar-refractivity contribution in [3.8, 4) is 5.69 Å². The molecule has 5 nitrogen and oxygen atoms in total. The molecule has 2 N–H and O–H groups in total. The summed E-state index contributed by atoms with van der Waals surface area (Å²) in [5, 5.41) is 9.91. The molecule has 0 saturated heterocycles. The molecule has 2 rings (SSSR count). The molecule has 0 unspecified atom stereocenters. The zero-order valence-corrected chi connectivity index (χ0v) is 16.4. The molecule has 0 amide bonds. The average Bonchev–Trinajstić information content (AvgIpc) is 3.02. The summed E-state index contributed by atoms with van der Waals surface area (Å²) in [6.45, 7) is 0.231. The van der Waals surface area contributed by atoms with Gasteiger partial charge < -0.3 is 10.6 Å². The normalized spacial score (nSPS) is 11.8. The van der Waals surface area contributed by atoms with E-state index in [2.05, 4.69) is 20.7 Å². The summed E-state index contributed by atoms with van der Waals surface area (Å²) < 4.78 is 50.9. The second kappa shape index (κ2) is 10.3. The van der Waals surface area contributed by atoms with Crippen molar-refractivity contribution in [3.05, 3.63) is 48.0 Å². The summed E-state index contributed by atoms with van der Waals surface area (Å²) >= 11 is 0. The zero-order chi connectivity index (χ0) is 18.3. The van der Waals surface area contributed by atoms with E-state index in [0.29, 0.717) is 18.9 Å². The highest BCUT2D eigenvalue weighted by Gasteiger charge is 2.26. The number of nitrogens with one attached hydrogen (secondary N) is 2. The first-order valence-corrected chi connectivity index (χ1v) is 7.69. The summed E-state index contributed by atoms with van der Waals surface area (Å²) in [6.07, 6.45) is -2.79. The highest BCUT2D eigenvalue weighted by molar-refractivity contribution is 14.0. The van der Waals surface area contributed by atoms with Crippen molar-refractivity contribution < 1.29 is 17.6 Å². The third-order valence-electron chi connectivity index (χ3n) is 3.33. The topological polar surface area (TPSA) is 54.2 Å². The number of hydrogen-bond donors (Lipinski definition) is 2. The molecule has 144 valence electrons. The molecule has 2 aromatic rings. The number of halogens is 5. The fourth-order valence-electron chi connectivity index (χ4n) is 2.08. The van der Waals surface area contributed by atoms with Gasteiger partial charge in [0.05, 0.1) is 17.8 Å². The smallest absolute Gasteiger partial charge is 0.356 e. The van der Waals surface area contributed by atoms with Crippen molar-refractivity contribution in [2.75, 3.05) is 20.1 Å². The molecule has 0 saturated carbocycles. The predicted molar refractivity (Wildman–Crippen MR) is 103 cm³/mol. The van der Waals surface area contributed by atoms with Gasteiger partial charge in [-0.3, -0.25) is 4.99 Å². The lowest BCUT2D eigenvalue weighted by Gasteiger charge is -2.12. The van der Waals surface area contributed by atoms with Crippen molar-refractivity contribution in [1.29, 1.82) is 0 Å². The van der Waals surface area contributed by atoms with Crippen LogP contribution in [0.4, 0.5) is 17.6 Å². The Hall–Kier alpha value is -1.85. The van der Waals surface area contributed by atoms with Gasteiger partial charge in [0.2, 0.25) is 0 Å². The van der Waals surface area contributed by atoms with Crippen LogP contribution in [0, 0.1) is 5.82 Å². The minimum absolute atomic E-state index is 0. The Morgan fingerprint density at radius 3 is 2.38 bits per heavy atom. The minimum Gasteiger partial charge on any atom is -0.356 e. The van der Waals surface area contributed by atoms with E-state index in [1.807, 2.05) is 6.07 Å². The molecular weight excluding hydrogens is 465 g/mol. The maximum atomic E-state index is 12.9. The van der Waals surface area contributed by atoms with Gasteiger partial charge >= 0.3 is 6.18 Å². The third-order valence-corrected chi connectivity index (χ3v) is 3.33. The highest BCUT2D eigenvalue weighted by atomic mass is 127. The van der Waals surface area contributed by atoms with Crippen LogP contribution in [0.15, 0.2) is 41.5 Å². The molecule has 0 atom stereocenters. The summed E-state index contributed by atoms with van der Waals surface area (Å²) in [5.74, 6) is -0.00745. The van der Waals surface area contributed by atoms with E-state index in [-0.39, 0.29) is 36.3 Å². The molecule has 0 aliphatic heterocycles. The van der Waals surface area contributed by atoms with Gasteiger partial charge in [0, 0.05) is 32.8 Å². The first kappa shape index (κ1) is 22.2. The average molecular weight is 485 g/mol. The van der Waals surface area contributed by atoms with Gasteiger partial charge in [0.1, 0.15) is 5.82 Å². The third kappa shape index (κ3) is 7.58. The van der Waals surface area contributed by atoms with Crippen LogP contribution in [0.3, 0.4) is 0 Å². The molecule has 0 bridgehead atoms. The Balaban J connectivity index is 0.00000338. The number of aliphatic imine (C=N–C) groups is 1. The number of aromatic nitrogens is 2. The molecule has 0 spiro atoms. The van der Waals surface area contributed by atoms with Crippen LogP contribution in [0.1, 0.15) is 12.1 Å². The van der Waals surface area contributed by atoms with Crippen molar-refractivity contribution in [3.63, 3.8) is 0 Å². The lowest BCUT2D eigenvalue weighted by Crippen LogP contribution is -2.39. The van der Waals surface area contributed by atoms with Crippen LogP contribution in [-0.4, -0.2) is 42.1 Å². The lowest BCUT2D eigenvalue weighted by molar-refractivity contribution is -0.132. The Morgan fingerprint density at radius 2 is 1.77 bits per heavy atom. The van der Waals surface area contributed by atoms with Gasteiger partial charge in [-0.1, -0.05) is 0 Å². The minimum atomic E-state index is -4.20. The number of alkyl halides is 3. The molecular formula is C16H20F4IN5. The van der Waals surface area contributed by atoms with E-state index in [4.69, 9.17) is 0 Å². The summed E-state index contributed by atoms with van der Waals surface area (Å²) in [4.78, 5) is 3.87. The van der Waals surface area contributed by atoms with Gasteiger partial charge in [-0.25, -0.2) is 9.07 Å². The zero-order valence-electron chi connectivity index (χ0n) is 14.1. The fourth-order valence-corrected chi connectivity index (χ4v) is 2.08. The molecule has 1 heterocycles. The first-order valence-electron chi connectivity index (χ1n) is 7.69. The molecule has 1 aromatic heterocycles. The van der Waals surface area contributed by atoms with Crippen LogP contribution in [0.2, 0.25) is 0 Å². The lowest BCUT2D eigenvalue weighted by atomic mass is 10.3. The van der Waals surface area contributed by atoms with E-state index in [1.165, 1.54) is 19.2 Å². The Kier molecular flexibility index (Phi) is 8.82. The van der Waals surface area contributed by atoms with Crippen molar-refractivity contribution in [2.45, 2.75) is 19.0 Å². The standard InChI is InChI=1S/C16H19F4N5.HI/c1-21-15(23-10-8-16(18,19)20)22-9-6-13-7-11-25(24-13)14-4-2-12(17)3-5-14;/h2-5,7,11H,6,8-10H2,1H3,(H2,21,22,23);1H. The van der Waals surface area contributed by atoms with Crippen LogP contribution in [0.5, 0.6) is 0 Å². The molecule has 0 aliphatic rings. The van der Waals surface area contributed by atoms with Crippen molar-refractivity contribution >= 4 is 29.9 Å². The SMILES string of the molecule is CN=C(NCCc1ccn(-c2ccc(F)cc2)n1)NCCC(F)(F)F.I. The van der Waals surface area contributed by atoms with E-state index in [1.54, 1.807) is 23.0 Å². The van der Waals surface area contributed by atoms with Crippen molar-refractivity contribution in [2.24, 2.45) is 4.99 Å². The first-order chi connectivity index (χ1) is 11.9. The van der Waals surface area contributed by atoms with Gasteiger partial charge in [-0.15, -0.1) is 24.0 Å².